The second kappa shape index (κ2) is 25.5. The molecule has 22 aromatic rings. The molecule has 0 saturated heterocycles. The minimum absolute atomic E-state index is 0.815. The summed E-state index contributed by atoms with van der Waals surface area (Å²) in [5, 5.41) is 22.6. The van der Waals surface area contributed by atoms with Gasteiger partial charge in [-0.05, 0) is 162 Å². The smallest absolute Gasteiger partial charge is 0.138 e. The van der Waals surface area contributed by atoms with Gasteiger partial charge in [0.25, 0.3) is 0 Å². The Labute approximate surface area is 634 Å². The molecule has 2 heterocycles. The van der Waals surface area contributed by atoms with Crippen LogP contribution >= 0.6 is 0 Å². The summed E-state index contributed by atoms with van der Waals surface area (Å²) in [6.45, 7) is 0. The zero-order valence-corrected chi connectivity index (χ0v) is 59.7. The third kappa shape index (κ3) is 10.2. The highest BCUT2D eigenvalue weighted by Crippen LogP contribution is 2.54. The van der Waals surface area contributed by atoms with Crippen LogP contribution < -0.4 is 19.6 Å². The molecule has 6 nitrogen and oxygen atoms in total. The zero-order chi connectivity index (χ0) is 72.3. The number of hydrogen-bond donors (Lipinski definition) is 0. The fourth-order valence-corrected chi connectivity index (χ4v) is 17.5. The van der Waals surface area contributed by atoms with E-state index in [9.17, 15) is 0 Å². The van der Waals surface area contributed by atoms with Crippen LogP contribution in [-0.2, 0) is 0 Å². The molecule has 0 aliphatic heterocycles. The predicted molar refractivity (Wildman–Crippen MR) is 465 cm³/mol. The quantitative estimate of drug-likeness (QED) is 0.115. The maximum atomic E-state index is 7.36. The van der Waals surface area contributed by atoms with Gasteiger partial charge in [0.15, 0.2) is 0 Å². The first-order valence-electron chi connectivity index (χ1n) is 37.6. The van der Waals surface area contributed by atoms with E-state index in [0.717, 1.165) is 188 Å². The zero-order valence-electron chi connectivity index (χ0n) is 59.7. The Balaban J connectivity index is 0.660. The van der Waals surface area contributed by atoms with Crippen LogP contribution in [0.15, 0.2) is 409 Å². The average Bonchev–Trinajstić information content (AvgIpc) is 1.50. The summed E-state index contributed by atoms with van der Waals surface area (Å²) in [4.78, 5) is 9.60. The molecular formula is C104H66N4O2. The summed E-state index contributed by atoms with van der Waals surface area (Å²) in [5.41, 5.74) is 18.1. The molecule has 0 radical (unpaired) electrons. The van der Waals surface area contributed by atoms with Gasteiger partial charge in [0.1, 0.15) is 22.3 Å². The SMILES string of the molecule is c1ccc(N(c2ccc3ccccc3c2)c2cc3oc4cc(N(c5ccccc5)c5ccc6ccc(-c7ccc8c(N(c9ccccc9)c9cc%10oc%11cc(N(c%12ccccc%12)c%12cccc%13ccccc%12%13)c%12ccccc%12c%11c%10c%10ccccc9%10)cccc8c7)cc6c5)c5ccccc5c4c3c3ccccc23)cc1. The van der Waals surface area contributed by atoms with Crippen LogP contribution in [0.5, 0.6) is 0 Å². The first kappa shape index (κ1) is 62.6. The van der Waals surface area contributed by atoms with Crippen molar-refractivity contribution >= 4 is 198 Å². The monoisotopic (exact) mass is 1400 g/mol. The number of para-hydroxylation sites is 4. The van der Waals surface area contributed by atoms with Crippen molar-refractivity contribution in [2.45, 2.75) is 0 Å². The van der Waals surface area contributed by atoms with E-state index in [1.807, 2.05) is 0 Å². The fraction of sp³-hybridized carbons (Fsp3) is 0. The third-order valence-corrected chi connectivity index (χ3v) is 22.4. The van der Waals surface area contributed by atoms with Gasteiger partial charge in [-0.25, -0.2) is 0 Å². The maximum absolute atomic E-state index is 7.36. The number of fused-ring (bicyclic) bond motifs is 18. The van der Waals surface area contributed by atoms with Gasteiger partial charge in [-0.2, -0.15) is 0 Å². The van der Waals surface area contributed by atoms with Crippen LogP contribution in [-0.4, -0.2) is 0 Å². The van der Waals surface area contributed by atoms with Gasteiger partial charge in [0.2, 0.25) is 0 Å². The third-order valence-electron chi connectivity index (χ3n) is 22.4. The van der Waals surface area contributed by atoms with Crippen molar-refractivity contribution in [2.24, 2.45) is 0 Å². The second-order valence-electron chi connectivity index (χ2n) is 28.6. The summed E-state index contributed by atoms with van der Waals surface area (Å²) < 4.78 is 14.7. The molecule has 22 rings (SSSR count). The van der Waals surface area contributed by atoms with Gasteiger partial charge in [-0.15, -0.1) is 0 Å². The van der Waals surface area contributed by atoms with Crippen molar-refractivity contribution in [1.29, 1.82) is 0 Å². The van der Waals surface area contributed by atoms with Crippen LogP contribution in [0.25, 0.3) is 141 Å². The van der Waals surface area contributed by atoms with Gasteiger partial charge < -0.3 is 28.4 Å². The Bertz CT molecular complexity index is 7430. The minimum atomic E-state index is 0.815. The van der Waals surface area contributed by atoms with E-state index in [-0.39, 0.29) is 0 Å². The fourth-order valence-electron chi connectivity index (χ4n) is 17.5. The van der Waals surface area contributed by atoms with Crippen LogP contribution in [0.1, 0.15) is 0 Å². The first-order valence-corrected chi connectivity index (χ1v) is 37.6. The van der Waals surface area contributed by atoms with Gasteiger partial charge in [0.05, 0.1) is 34.1 Å². The highest BCUT2D eigenvalue weighted by atomic mass is 16.3. The Morgan fingerprint density at radius 3 is 0.873 bits per heavy atom. The van der Waals surface area contributed by atoms with E-state index >= 15 is 0 Å². The Morgan fingerprint density at radius 2 is 0.436 bits per heavy atom. The van der Waals surface area contributed by atoms with Crippen molar-refractivity contribution < 1.29 is 8.83 Å². The van der Waals surface area contributed by atoms with Crippen LogP contribution in [0.3, 0.4) is 0 Å². The number of rotatable bonds is 13. The molecule has 110 heavy (non-hydrogen) atoms. The molecule has 0 amide bonds. The topological polar surface area (TPSA) is 39.2 Å². The van der Waals surface area contributed by atoms with E-state index in [4.69, 9.17) is 8.83 Å². The lowest BCUT2D eigenvalue weighted by molar-refractivity contribution is 0.669. The molecule has 0 aliphatic carbocycles. The highest BCUT2D eigenvalue weighted by molar-refractivity contribution is 6.32. The minimum Gasteiger partial charge on any atom is -0.456 e. The van der Waals surface area contributed by atoms with Crippen molar-refractivity contribution in [3.05, 3.63) is 400 Å². The molecule has 0 atom stereocenters. The summed E-state index contributed by atoms with van der Waals surface area (Å²) in [5.74, 6) is 0. The van der Waals surface area contributed by atoms with E-state index in [1.165, 1.54) is 21.5 Å². The highest BCUT2D eigenvalue weighted by Gasteiger charge is 2.29. The number of benzene rings is 20. The van der Waals surface area contributed by atoms with Gasteiger partial charge in [-0.1, -0.05) is 279 Å². The molecule has 6 heteroatoms. The predicted octanol–water partition coefficient (Wildman–Crippen LogP) is 30.3. The number of hydrogen-bond acceptors (Lipinski definition) is 6. The molecular weight excluding hydrogens is 1340 g/mol. The van der Waals surface area contributed by atoms with Crippen molar-refractivity contribution in [3.8, 4) is 11.1 Å². The molecule has 2 aromatic heterocycles. The lowest BCUT2D eigenvalue weighted by Crippen LogP contribution is -2.11. The van der Waals surface area contributed by atoms with E-state index in [1.54, 1.807) is 0 Å². The first-order chi connectivity index (χ1) is 54.6. The lowest BCUT2D eigenvalue weighted by Gasteiger charge is -2.28. The average molecular weight is 1400 g/mol. The Hall–Kier alpha value is -14.7. The lowest BCUT2D eigenvalue weighted by atomic mass is 9.95. The van der Waals surface area contributed by atoms with Crippen molar-refractivity contribution in [3.63, 3.8) is 0 Å². The molecule has 0 bridgehead atoms. The van der Waals surface area contributed by atoms with Gasteiger partial charge >= 0.3 is 0 Å². The maximum Gasteiger partial charge on any atom is 0.138 e. The van der Waals surface area contributed by atoms with Crippen LogP contribution in [0.2, 0.25) is 0 Å². The number of anilines is 12. The normalized spacial score (nSPS) is 11.8. The summed E-state index contributed by atoms with van der Waals surface area (Å²) in [7, 11) is 0. The molecule has 0 unspecified atom stereocenters. The number of nitrogens with zero attached hydrogens (tertiary/aromatic N) is 4. The number of furan rings is 2. The molecule has 20 aromatic carbocycles. The van der Waals surface area contributed by atoms with Crippen LogP contribution in [0.4, 0.5) is 68.2 Å². The molecule has 0 aliphatic rings. The summed E-state index contributed by atoms with van der Waals surface area (Å²) in [6.07, 6.45) is 0. The Kier molecular flexibility index (Phi) is 14.5. The van der Waals surface area contributed by atoms with Crippen molar-refractivity contribution in [1.82, 2.24) is 0 Å². The van der Waals surface area contributed by atoms with Crippen LogP contribution in [0, 0.1) is 0 Å². The molecule has 0 fully saturated rings. The molecule has 0 saturated carbocycles. The van der Waals surface area contributed by atoms with E-state index in [0.29, 0.717) is 0 Å². The van der Waals surface area contributed by atoms with E-state index < -0.39 is 0 Å². The largest absolute Gasteiger partial charge is 0.456 e. The summed E-state index contributed by atoms with van der Waals surface area (Å²) in [6, 6.07) is 145. The van der Waals surface area contributed by atoms with Crippen molar-refractivity contribution in [2.75, 3.05) is 19.6 Å². The Morgan fingerprint density at radius 1 is 0.145 bits per heavy atom. The molecule has 0 spiro atoms. The van der Waals surface area contributed by atoms with Gasteiger partial charge in [0, 0.05) is 112 Å². The second-order valence-corrected chi connectivity index (χ2v) is 28.6. The standard InChI is InChI=1S/C104H66N4O2/c1-5-32-75(33-6-1)105(79-56-53-67-27-13-14-29-70(67)61-79)93-63-97-101(87-45-21-17-41-83(87)93)102-88-46-22-18-42-84(88)94(64-98(102)109-97)106(76-34-7-2-8-35-76)80-57-54-68-51-52-71(60-74(68)62-80)72-55-58-82-73(59-72)31-26-50-92(82)108(78-38-11-4-12-39-78)96-66-100-104(90-48-24-20-44-86(90)96)103-89-47-23-19-43-85(89)95(65-99(103)110-100)107(77-36-9-3-10-37-77)91-49-25-30-69-28-15-16-40-81(69)91/h1-66H. The van der Waals surface area contributed by atoms with Gasteiger partial charge in [-0.3, -0.25) is 0 Å². The summed E-state index contributed by atoms with van der Waals surface area (Å²) >= 11 is 0. The molecule has 0 N–H and O–H groups in total. The molecule has 514 valence electrons. The van der Waals surface area contributed by atoms with E-state index in [2.05, 4.69) is 420 Å².